The Morgan fingerprint density at radius 3 is 2.47 bits per heavy atom. The number of phenols is 1. The van der Waals surface area contributed by atoms with Gasteiger partial charge in [-0.1, -0.05) is 19.9 Å². The predicted molar refractivity (Wildman–Crippen MR) is 68.7 cm³/mol. The third-order valence-electron chi connectivity index (χ3n) is 2.40. The summed E-state index contributed by atoms with van der Waals surface area (Å²) in [7, 11) is 0. The van der Waals surface area contributed by atoms with Crippen LogP contribution in [0.4, 0.5) is 0 Å². The number of hydrogen-bond acceptors (Lipinski definition) is 3. The smallest absolute Gasteiger partial charge is 0.339 e. The van der Waals surface area contributed by atoms with Crippen molar-refractivity contribution in [3.05, 3.63) is 29.3 Å². The van der Waals surface area contributed by atoms with E-state index in [-0.39, 0.29) is 29.8 Å². The summed E-state index contributed by atoms with van der Waals surface area (Å²) < 4.78 is 0. The van der Waals surface area contributed by atoms with Gasteiger partial charge in [0.15, 0.2) is 0 Å². The highest BCUT2D eigenvalue weighted by Crippen LogP contribution is 2.24. The zero-order chi connectivity index (χ0) is 12.3. The first-order valence-electron chi connectivity index (χ1n) is 5.23. The van der Waals surface area contributed by atoms with Crippen LogP contribution in [-0.2, 0) is 0 Å². The minimum Gasteiger partial charge on any atom is -0.507 e. The number of benzene rings is 1. The van der Waals surface area contributed by atoms with Crippen LogP contribution in [0.15, 0.2) is 18.2 Å². The summed E-state index contributed by atoms with van der Waals surface area (Å²) in [6.45, 7) is 4.11. The lowest BCUT2D eigenvalue weighted by molar-refractivity contribution is 0.0693. The van der Waals surface area contributed by atoms with Gasteiger partial charge in [0.1, 0.15) is 11.3 Å². The van der Waals surface area contributed by atoms with Crippen molar-refractivity contribution < 1.29 is 15.0 Å². The Balaban J connectivity index is 0.00000256. The zero-order valence-corrected chi connectivity index (χ0v) is 10.7. The van der Waals surface area contributed by atoms with Crippen LogP contribution in [0.3, 0.4) is 0 Å². The van der Waals surface area contributed by atoms with Crippen molar-refractivity contribution in [2.45, 2.75) is 26.3 Å². The van der Waals surface area contributed by atoms with Crippen molar-refractivity contribution in [2.24, 2.45) is 11.7 Å². The van der Waals surface area contributed by atoms with E-state index in [0.29, 0.717) is 5.92 Å². The minimum atomic E-state index is -1.14. The van der Waals surface area contributed by atoms with Crippen LogP contribution >= 0.6 is 12.4 Å². The molecular formula is C12H18ClNO3. The van der Waals surface area contributed by atoms with Crippen LogP contribution in [0.5, 0.6) is 5.75 Å². The SMILES string of the molecule is CC(C)C[C@H](N)c1ccc(O)c(C(=O)O)c1.Cl. The van der Waals surface area contributed by atoms with Crippen molar-refractivity contribution in [3.63, 3.8) is 0 Å². The highest BCUT2D eigenvalue weighted by Gasteiger charge is 2.14. The molecule has 1 rings (SSSR count). The van der Waals surface area contributed by atoms with Gasteiger partial charge in [0.2, 0.25) is 0 Å². The predicted octanol–water partition coefficient (Wildman–Crippen LogP) is 2.56. The lowest BCUT2D eigenvalue weighted by Crippen LogP contribution is -2.13. The molecule has 1 atom stereocenters. The Kier molecular flexibility index (Phi) is 5.99. The molecule has 0 aliphatic heterocycles. The number of aromatic carboxylic acids is 1. The van der Waals surface area contributed by atoms with Crippen LogP contribution in [0.2, 0.25) is 0 Å². The van der Waals surface area contributed by atoms with Crippen LogP contribution in [-0.4, -0.2) is 16.2 Å². The average Bonchev–Trinajstić information content (AvgIpc) is 2.16. The maximum atomic E-state index is 10.8. The van der Waals surface area contributed by atoms with Crippen molar-refractivity contribution in [3.8, 4) is 5.75 Å². The fourth-order valence-electron chi connectivity index (χ4n) is 1.60. The number of carboxylic acids is 1. The molecule has 96 valence electrons. The molecule has 5 heteroatoms. The molecule has 0 aliphatic carbocycles. The molecule has 0 aliphatic rings. The number of rotatable bonds is 4. The van der Waals surface area contributed by atoms with Gasteiger partial charge in [0, 0.05) is 6.04 Å². The molecule has 1 aromatic rings. The fourth-order valence-corrected chi connectivity index (χ4v) is 1.60. The van der Waals surface area contributed by atoms with Gasteiger partial charge in [-0.05, 0) is 30.0 Å². The maximum Gasteiger partial charge on any atom is 0.339 e. The van der Waals surface area contributed by atoms with E-state index in [1.54, 1.807) is 6.07 Å². The lowest BCUT2D eigenvalue weighted by atomic mass is 9.96. The summed E-state index contributed by atoms with van der Waals surface area (Å²) in [5.74, 6) is -0.929. The Hall–Kier alpha value is -1.26. The number of nitrogens with two attached hydrogens (primary N) is 1. The first-order valence-corrected chi connectivity index (χ1v) is 5.23. The molecule has 0 aromatic heterocycles. The third-order valence-corrected chi connectivity index (χ3v) is 2.40. The second-order valence-corrected chi connectivity index (χ2v) is 4.32. The van der Waals surface area contributed by atoms with E-state index in [2.05, 4.69) is 13.8 Å². The Labute approximate surface area is 107 Å². The number of halogens is 1. The molecule has 0 fully saturated rings. The van der Waals surface area contributed by atoms with Crippen LogP contribution in [0.1, 0.15) is 42.2 Å². The molecular weight excluding hydrogens is 242 g/mol. The van der Waals surface area contributed by atoms with Gasteiger partial charge >= 0.3 is 5.97 Å². The molecule has 0 saturated carbocycles. The van der Waals surface area contributed by atoms with E-state index in [0.717, 1.165) is 12.0 Å². The topological polar surface area (TPSA) is 83.5 Å². The van der Waals surface area contributed by atoms with E-state index in [1.165, 1.54) is 12.1 Å². The molecule has 0 unspecified atom stereocenters. The van der Waals surface area contributed by atoms with E-state index >= 15 is 0 Å². The van der Waals surface area contributed by atoms with Gasteiger partial charge in [-0.15, -0.1) is 12.4 Å². The summed E-state index contributed by atoms with van der Waals surface area (Å²) in [4.78, 5) is 10.8. The highest BCUT2D eigenvalue weighted by atomic mass is 35.5. The zero-order valence-electron chi connectivity index (χ0n) is 9.88. The summed E-state index contributed by atoms with van der Waals surface area (Å²) >= 11 is 0. The monoisotopic (exact) mass is 259 g/mol. The van der Waals surface area contributed by atoms with Crippen molar-refractivity contribution in [1.82, 2.24) is 0 Å². The van der Waals surface area contributed by atoms with Crippen LogP contribution in [0.25, 0.3) is 0 Å². The Morgan fingerprint density at radius 1 is 1.41 bits per heavy atom. The minimum absolute atomic E-state index is 0. The van der Waals surface area contributed by atoms with Crippen molar-refractivity contribution in [2.75, 3.05) is 0 Å². The van der Waals surface area contributed by atoms with Gasteiger partial charge in [0.25, 0.3) is 0 Å². The van der Waals surface area contributed by atoms with Gasteiger partial charge in [-0.2, -0.15) is 0 Å². The summed E-state index contributed by atoms with van der Waals surface area (Å²) in [5.41, 5.74) is 6.58. The second kappa shape index (κ2) is 6.47. The largest absolute Gasteiger partial charge is 0.507 e. The van der Waals surface area contributed by atoms with E-state index < -0.39 is 5.97 Å². The summed E-state index contributed by atoms with van der Waals surface area (Å²) in [5, 5.41) is 18.2. The van der Waals surface area contributed by atoms with Crippen LogP contribution < -0.4 is 5.73 Å². The molecule has 0 radical (unpaired) electrons. The number of hydrogen-bond donors (Lipinski definition) is 3. The fraction of sp³-hybridized carbons (Fsp3) is 0.417. The molecule has 4 nitrogen and oxygen atoms in total. The Bertz CT molecular complexity index is 393. The molecule has 0 bridgehead atoms. The lowest BCUT2D eigenvalue weighted by Gasteiger charge is -2.15. The van der Waals surface area contributed by atoms with E-state index in [1.807, 2.05) is 0 Å². The summed E-state index contributed by atoms with van der Waals surface area (Å²) in [6, 6.07) is 4.28. The molecule has 4 N–H and O–H groups in total. The first kappa shape index (κ1) is 15.7. The number of aromatic hydroxyl groups is 1. The molecule has 0 heterocycles. The number of carboxylic acid groups (broad SMARTS) is 1. The molecule has 0 saturated heterocycles. The van der Waals surface area contributed by atoms with E-state index in [9.17, 15) is 9.90 Å². The van der Waals surface area contributed by atoms with Gasteiger partial charge < -0.3 is 15.9 Å². The van der Waals surface area contributed by atoms with E-state index in [4.69, 9.17) is 10.8 Å². The Morgan fingerprint density at radius 2 is 2.00 bits per heavy atom. The third kappa shape index (κ3) is 4.24. The summed E-state index contributed by atoms with van der Waals surface area (Å²) in [6.07, 6.45) is 0.782. The molecule has 17 heavy (non-hydrogen) atoms. The second-order valence-electron chi connectivity index (χ2n) is 4.32. The van der Waals surface area contributed by atoms with Gasteiger partial charge in [-0.3, -0.25) is 0 Å². The van der Waals surface area contributed by atoms with Crippen molar-refractivity contribution in [1.29, 1.82) is 0 Å². The average molecular weight is 260 g/mol. The quantitative estimate of drug-likeness (QED) is 0.776. The molecule has 1 aromatic carbocycles. The maximum absolute atomic E-state index is 10.8. The normalized spacial score (nSPS) is 12.0. The van der Waals surface area contributed by atoms with Gasteiger partial charge in [-0.25, -0.2) is 4.79 Å². The highest BCUT2D eigenvalue weighted by molar-refractivity contribution is 5.90. The molecule has 0 spiro atoms. The van der Waals surface area contributed by atoms with Gasteiger partial charge in [0.05, 0.1) is 0 Å². The first-order chi connectivity index (χ1) is 7.41. The molecule has 0 amide bonds. The number of carbonyl (C=O) groups is 1. The standard InChI is InChI=1S/C12H17NO3.ClH/c1-7(2)5-10(13)8-3-4-11(14)9(6-8)12(15)16;/h3-4,6-7,10,14H,5,13H2,1-2H3,(H,15,16);1H/t10-;/m0./s1. The van der Waals surface area contributed by atoms with Crippen LogP contribution in [0, 0.1) is 5.92 Å². The van der Waals surface area contributed by atoms with Crippen molar-refractivity contribution >= 4 is 18.4 Å².